The summed E-state index contributed by atoms with van der Waals surface area (Å²) in [7, 11) is 0. The van der Waals surface area contributed by atoms with E-state index in [1.807, 2.05) is 48.5 Å². The first-order chi connectivity index (χ1) is 14.6. The first-order valence-electron chi connectivity index (χ1n) is 10.1. The number of benzene rings is 2. The molecule has 1 aliphatic carbocycles. The minimum absolute atomic E-state index is 0.0399. The highest BCUT2D eigenvalue weighted by Crippen LogP contribution is 2.47. The van der Waals surface area contributed by atoms with Gasteiger partial charge < -0.3 is 9.73 Å². The second-order valence-electron chi connectivity index (χ2n) is 7.78. The third-order valence-corrected chi connectivity index (χ3v) is 5.91. The Kier molecular flexibility index (Phi) is 4.51. The number of nitrogens with one attached hydrogen (secondary N) is 1. The Morgan fingerprint density at radius 2 is 1.77 bits per heavy atom. The minimum Gasteiger partial charge on any atom is -0.467 e. The highest BCUT2D eigenvalue weighted by molar-refractivity contribution is 6.05. The molecular formula is C25H22N2O3. The van der Waals surface area contributed by atoms with Gasteiger partial charge in [-0.15, -0.1) is 0 Å². The summed E-state index contributed by atoms with van der Waals surface area (Å²) < 4.78 is 5.72. The van der Waals surface area contributed by atoms with Gasteiger partial charge in [-0.05, 0) is 42.2 Å². The number of allylic oxidation sites excluding steroid dienone is 1. The van der Waals surface area contributed by atoms with Gasteiger partial charge in [0, 0.05) is 24.6 Å². The number of amides is 1. The van der Waals surface area contributed by atoms with Gasteiger partial charge in [0.05, 0.1) is 17.6 Å². The molecule has 2 atom stereocenters. The van der Waals surface area contributed by atoms with Gasteiger partial charge in [0.1, 0.15) is 11.8 Å². The van der Waals surface area contributed by atoms with E-state index in [2.05, 4.69) is 17.4 Å². The molecule has 0 spiro atoms. The van der Waals surface area contributed by atoms with Crippen LogP contribution in [0.15, 0.2) is 88.7 Å². The zero-order valence-corrected chi connectivity index (χ0v) is 16.7. The Labute approximate surface area is 175 Å². The number of Topliss-reactive ketones (excluding diaryl/α,β-unsaturated/α-hetero) is 1. The summed E-state index contributed by atoms with van der Waals surface area (Å²) in [6.45, 7) is 1.53. The number of nitrogens with zero attached hydrogens (tertiary/aromatic N) is 1. The molecular weight excluding hydrogens is 376 g/mol. The van der Waals surface area contributed by atoms with Crippen LogP contribution in [0, 0.1) is 0 Å². The number of rotatable bonds is 2. The molecule has 5 rings (SSSR count). The average Bonchev–Trinajstić information content (AvgIpc) is 3.23. The summed E-state index contributed by atoms with van der Waals surface area (Å²) in [6, 6.07) is 20.8. The van der Waals surface area contributed by atoms with E-state index >= 15 is 0 Å². The lowest BCUT2D eigenvalue weighted by molar-refractivity contribution is -0.117. The van der Waals surface area contributed by atoms with Gasteiger partial charge in [0.2, 0.25) is 5.91 Å². The summed E-state index contributed by atoms with van der Waals surface area (Å²) >= 11 is 0. The normalized spacial score (nSPS) is 20.8. The Morgan fingerprint density at radius 1 is 1.00 bits per heavy atom. The standard InChI is InChI=1S/C25H22N2O3/c1-16(28)27-21-11-6-5-10-19(21)26-20-14-18(17-8-3-2-4-9-17)15-22(29)24(20)25(27)23-12-7-13-30-23/h2-13,18,25-26H,14-15H2,1H3/t18-,25+/m1/s1. The number of hydrogen-bond donors (Lipinski definition) is 1. The molecule has 0 radical (unpaired) electrons. The third-order valence-electron chi connectivity index (χ3n) is 5.91. The van der Waals surface area contributed by atoms with Crippen LogP contribution in [0.25, 0.3) is 0 Å². The fourth-order valence-electron chi connectivity index (χ4n) is 4.62. The van der Waals surface area contributed by atoms with E-state index in [-0.39, 0.29) is 17.6 Å². The van der Waals surface area contributed by atoms with Crippen molar-refractivity contribution in [1.82, 2.24) is 0 Å². The van der Waals surface area contributed by atoms with Crippen LogP contribution in [0.4, 0.5) is 11.4 Å². The van der Waals surface area contributed by atoms with E-state index in [1.54, 1.807) is 17.2 Å². The van der Waals surface area contributed by atoms with Crippen LogP contribution in [0.1, 0.15) is 43.0 Å². The van der Waals surface area contributed by atoms with E-state index in [1.165, 1.54) is 6.92 Å². The summed E-state index contributed by atoms with van der Waals surface area (Å²) in [5.41, 5.74) is 4.18. The van der Waals surface area contributed by atoms with Crippen molar-refractivity contribution in [2.75, 3.05) is 10.2 Å². The number of anilines is 2. The van der Waals surface area contributed by atoms with Crippen LogP contribution >= 0.6 is 0 Å². The number of para-hydroxylation sites is 2. The molecule has 1 amide bonds. The quantitative estimate of drug-likeness (QED) is 0.644. The zero-order chi connectivity index (χ0) is 20.7. The molecule has 0 saturated heterocycles. The molecule has 0 bridgehead atoms. The summed E-state index contributed by atoms with van der Waals surface area (Å²) in [4.78, 5) is 28.0. The van der Waals surface area contributed by atoms with E-state index in [9.17, 15) is 9.59 Å². The van der Waals surface area contributed by atoms with Crippen molar-refractivity contribution in [3.05, 3.63) is 95.6 Å². The molecule has 1 aromatic heterocycles. The van der Waals surface area contributed by atoms with Crippen LogP contribution < -0.4 is 10.2 Å². The fourth-order valence-corrected chi connectivity index (χ4v) is 4.62. The maximum Gasteiger partial charge on any atom is 0.224 e. The Balaban J connectivity index is 1.69. The molecule has 2 aliphatic rings. The third kappa shape index (κ3) is 3.03. The molecule has 3 aromatic rings. The summed E-state index contributed by atoms with van der Waals surface area (Å²) in [5.74, 6) is 0.580. The summed E-state index contributed by atoms with van der Waals surface area (Å²) in [6.07, 6.45) is 2.68. The molecule has 30 heavy (non-hydrogen) atoms. The topological polar surface area (TPSA) is 62.6 Å². The van der Waals surface area contributed by atoms with Gasteiger partial charge in [0.15, 0.2) is 5.78 Å². The van der Waals surface area contributed by atoms with E-state index in [0.29, 0.717) is 24.2 Å². The van der Waals surface area contributed by atoms with Gasteiger partial charge in [-0.2, -0.15) is 0 Å². The number of carbonyl (C=O) groups is 2. The lowest BCUT2D eigenvalue weighted by Gasteiger charge is -2.33. The highest BCUT2D eigenvalue weighted by atomic mass is 16.3. The predicted molar refractivity (Wildman–Crippen MR) is 115 cm³/mol. The first-order valence-corrected chi connectivity index (χ1v) is 10.1. The van der Waals surface area contributed by atoms with Gasteiger partial charge >= 0.3 is 0 Å². The van der Waals surface area contributed by atoms with Crippen LogP contribution in [-0.4, -0.2) is 11.7 Å². The monoisotopic (exact) mass is 398 g/mol. The van der Waals surface area contributed by atoms with Crippen molar-refractivity contribution in [1.29, 1.82) is 0 Å². The van der Waals surface area contributed by atoms with E-state index < -0.39 is 6.04 Å². The molecule has 1 aliphatic heterocycles. The Bertz CT molecular complexity index is 1130. The van der Waals surface area contributed by atoms with Gasteiger partial charge in [-0.25, -0.2) is 0 Å². The van der Waals surface area contributed by atoms with Crippen molar-refractivity contribution < 1.29 is 14.0 Å². The van der Waals surface area contributed by atoms with Crippen molar-refractivity contribution in [3.8, 4) is 0 Å². The Morgan fingerprint density at radius 3 is 2.50 bits per heavy atom. The SMILES string of the molecule is CC(=O)N1c2ccccc2NC2=C(C(=O)C[C@H](c3ccccc3)C2)[C@@H]1c1ccco1. The number of hydrogen-bond acceptors (Lipinski definition) is 4. The van der Waals surface area contributed by atoms with Crippen LogP contribution in [0.3, 0.4) is 0 Å². The van der Waals surface area contributed by atoms with Crippen molar-refractivity contribution in [3.63, 3.8) is 0 Å². The van der Waals surface area contributed by atoms with E-state index in [0.717, 1.165) is 22.6 Å². The molecule has 5 nitrogen and oxygen atoms in total. The summed E-state index contributed by atoms with van der Waals surface area (Å²) in [5, 5.41) is 3.49. The van der Waals surface area contributed by atoms with E-state index in [4.69, 9.17) is 4.42 Å². The largest absolute Gasteiger partial charge is 0.467 e. The van der Waals surface area contributed by atoms with Gasteiger partial charge in [0.25, 0.3) is 0 Å². The van der Waals surface area contributed by atoms with Crippen molar-refractivity contribution >= 4 is 23.1 Å². The van der Waals surface area contributed by atoms with Crippen LogP contribution in [0.5, 0.6) is 0 Å². The van der Waals surface area contributed by atoms with Crippen LogP contribution in [0.2, 0.25) is 0 Å². The second kappa shape index (κ2) is 7.34. The lowest BCUT2D eigenvalue weighted by Crippen LogP contribution is -2.37. The number of furan rings is 1. The number of carbonyl (C=O) groups excluding carboxylic acids is 2. The highest BCUT2D eigenvalue weighted by Gasteiger charge is 2.41. The second-order valence-corrected chi connectivity index (χ2v) is 7.78. The van der Waals surface area contributed by atoms with Crippen molar-refractivity contribution in [2.24, 2.45) is 0 Å². The molecule has 0 unspecified atom stereocenters. The molecule has 2 aromatic carbocycles. The van der Waals surface area contributed by atoms with Crippen LogP contribution in [-0.2, 0) is 9.59 Å². The maximum absolute atomic E-state index is 13.5. The molecule has 1 N–H and O–H groups in total. The fraction of sp³-hybridized carbons (Fsp3) is 0.200. The van der Waals surface area contributed by atoms with Gasteiger partial charge in [-0.1, -0.05) is 42.5 Å². The lowest BCUT2D eigenvalue weighted by atomic mass is 9.79. The zero-order valence-electron chi connectivity index (χ0n) is 16.7. The smallest absolute Gasteiger partial charge is 0.224 e. The molecule has 2 heterocycles. The maximum atomic E-state index is 13.5. The molecule has 150 valence electrons. The van der Waals surface area contributed by atoms with Crippen molar-refractivity contribution in [2.45, 2.75) is 31.7 Å². The molecule has 5 heteroatoms. The molecule has 0 saturated carbocycles. The number of ketones is 1. The Hall–Kier alpha value is -3.60. The average molecular weight is 398 g/mol. The number of fused-ring (bicyclic) bond motifs is 1. The van der Waals surface area contributed by atoms with Gasteiger partial charge in [-0.3, -0.25) is 14.5 Å². The predicted octanol–water partition coefficient (Wildman–Crippen LogP) is 5.20. The minimum atomic E-state index is -0.590. The molecule has 0 fully saturated rings. The first kappa shape index (κ1) is 18.4.